The first kappa shape index (κ1) is 9.80. The number of hydrogen-bond acceptors (Lipinski definition) is 2. The molecule has 1 fully saturated rings. The zero-order valence-electron chi connectivity index (χ0n) is 6.82. The highest BCUT2D eigenvalue weighted by molar-refractivity contribution is 4.83. The number of ether oxygens (including phenoxy) is 1. The fraction of sp³-hybridized carbons (Fsp3) is 1.00. The molecule has 1 aliphatic rings. The van der Waals surface area contributed by atoms with E-state index in [1.54, 1.807) is 0 Å². The van der Waals surface area contributed by atoms with Gasteiger partial charge in [0, 0.05) is 7.11 Å². The summed E-state index contributed by atoms with van der Waals surface area (Å²) in [5.74, 6) is 0. The maximum absolute atomic E-state index is 12.1. The third kappa shape index (κ3) is 2.35. The first-order chi connectivity index (χ1) is 5.54. The van der Waals surface area contributed by atoms with Crippen molar-refractivity contribution in [3.05, 3.63) is 0 Å². The van der Waals surface area contributed by atoms with Crippen LogP contribution in [0.4, 0.5) is 13.2 Å². The van der Waals surface area contributed by atoms with Crippen LogP contribution in [0.25, 0.3) is 0 Å². The fourth-order valence-corrected chi connectivity index (χ4v) is 1.35. The molecule has 0 aromatic heterocycles. The summed E-state index contributed by atoms with van der Waals surface area (Å²) in [5, 5.41) is 2.42. The van der Waals surface area contributed by atoms with E-state index in [4.69, 9.17) is 4.74 Å². The number of nitrogens with one attached hydrogen (secondary N) is 1. The van der Waals surface area contributed by atoms with E-state index in [-0.39, 0.29) is 12.5 Å². The van der Waals surface area contributed by atoms with Crippen molar-refractivity contribution < 1.29 is 17.9 Å². The highest BCUT2D eigenvalue weighted by atomic mass is 19.4. The van der Waals surface area contributed by atoms with Crippen molar-refractivity contribution in [2.45, 2.75) is 31.2 Å². The smallest absolute Gasteiger partial charge is 0.381 e. The van der Waals surface area contributed by atoms with Gasteiger partial charge in [-0.05, 0) is 19.4 Å². The Labute approximate surface area is 69.1 Å². The van der Waals surface area contributed by atoms with Crippen LogP contribution in [0.2, 0.25) is 0 Å². The molecular weight excluding hydrogens is 171 g/mol. The Kier molecular flexibility index (Phi) is 2.95. The summed E-state index contributed by atoms with van der Waals surface area (Å²) in [6.07, 6.45) is -3.71. The molecule has 0 aliphatic carbocycles. The topological polar surface area (TPSA) is 21.3 Å². The lowest BCUT2D eigenvalue weighted by atomic mass is 10.0. The average Bonchev–Trinajstić information content (AvgIpc) is 2.03. The Morgan fingerprint density at radius 3 is 2.58 bits per heavy atom. The van der Waals surface area contributed by atoms with Gasteiger partial charge < -0.3 is 10.1 Å². The van der Waals surface area contributed by atoms with E-state index in [1.807, 2.05) is 0 Å². The second kappa shape index (κ2) is 3.62. The fourth-order valence-electron chi connectivity index (χ4n) is 1.35. The number of rotatable bonds is 1. The Morgan fingerprint density at radius 2 is 2.08 bits per heavy atom. The number of piperidine rings is 1. The van der Waals surface area contributed by atoms with E-state index in [0.717, 1.165) is 0 Å². The molecule has 72 valence electrons. The Morgan fingerprint density at radius 1 is 1.42 bits per heavy atom. The molecule has 0 saturated carbocycles. The first-order valence-corrected chi connectivity index (χ1v) is 3.87. The van der Waals surface area contributed by atoms with Crippen LogP contribution in [0.1, 0.15) is 12.8 Å². The highest BCUT2D eigenvalue weighted by Gasteiger charge is 2.42. The van der Waals surface area contributed by atoms with Crippen LogP contribution in [0, 0.1) is 0 Å². The van der Waals surface area contributed by atoms with Crippen LogP contribution >= 0.6 is 0 Å². The number of halogens is 3. The van der Waals surface area contributed by atoms with Gasteiger partial charge in [0.25, 0.3) is 0 Å². The predicted octanol–water partition coefficient (Wildman–Crippen LogP) is 1.32. The van der Waals surface area contributed by atoms with Gasteiger partial charge in [0.2, 0.25) is 0 Å². The normalized spacial score (nSPS) is 32.0. The molecule has 2 atom stereocenters. The summed E-state index contributed by atoms with van der Waals surface area (Å²) >= 11 is 0. The predicted molar refractivity (Wildman–Crippen MR) is 37.9 cm³/mol. The second-order valence-corrected chi connectivity index (χ2v) is 2.93. The summed E-state index contributed by atoms with van der Waals surface area (Å²) in [4.78, 5) is 0. The van der Waals surface area contributed by atoms with Crippen molar-refractivity contribution in [2.75, 3.05) is 13.7 Å². The summed E-state index contributed by atoms with van der Waals surface area (Å²) in [7, 11) is 1.45. The Bertz CT molecular complexity index is 148. The maximum Gasteiger partial charge on any atom is 0.403 e. The number of alkyl halides is 3. The van der Waals surface area contributed by atoms with Gasteiger partial charge >= 0.3 is 6.18 Å². The van der Waals surface area contributed by atoms with Crippen molar-refractivity contribution >= 4 is 0 Å². The van der Waals surface area contributed by atoms with Gasteiger partial charge in [-0.1, -0.05) is 0 Å². The lowest BCUT2D eigenvalue weighted by molar-refractivity contribution is -0.168. The minimum absolute atomic E-state index is 0.0278. The van der Waals surface area contributed by atoms with E-state index in [1.165, 1.54) is 7.11 Å². The number of methoxy groups -OCH3 is 1. The third-order valence-electron chi connectivity index (χ3n) is 2.08. The van der Waals surface area contributed by atoms with Crippen LogP contribution in [-0.2, 0) is 4.74 Å². The van der Waals surface area contributed by atoms with Gasteiger partial charge in [0.1, 0.15) is 6.04 Å². The summed E-state index contributed by atoms with van der Waals surface area (Å²) in [6.45, 7) is 0.378. The molecule has 0 bridgehead atoms. The van der Waals surface area contributed by atoms with Gasteiger partial charge in [-0.2, -0.15) is 13.2 Å². The lowest BCUT2D eigenvalue weighted by Gasteiger charge is -2.30. The molecule has 0 aromatic rings. The van der Waals surface area contributed by atoms with Gasteiger partial charge in [-0.15, -0.1) is 0 Å². The third-order valence-corrected chi connectivity index (χ3v) is 2.08. The van der Waals surface area contributed by atoms with E-state index >= 15 is 0 Å². The SMILES string of the molecule is CO[C@@H]1CCN[C@H](C(F)(F)F)C1. The molecular formula is C7H12F3NO. The number of hydrogen-bond donors (Lipinski definition) is 1. The highest BCUT2D eigenvalue weighted by Crippen LogP contribution is 2.26. The largest absolute Gasteiger partial charge is 0.403 e. The average molecular weight is 183 g/mol. The van der Waals surface area contributed by atoms with Crippen LogP contribution in [0.5, 0.6) is 0 Å². The molecule has 1 aliphatic heterocycles. The standard InChI is InChI=1S/C7H12F3NO/c1-12-5-2-3-11-6(4-5)7(8,9)10/h5-6,11H,2-4H2,1H3/t5-,6+/m1/s1. The molecule has 1 saturated heterocycles. The zero-order valence-corrected chi connectivity index (χ0v) is 6.82. The Balaban J connectivity index is 2.46. The molecule has 5 heteroatoms. The van der Waals surface area contributed by atoms with Crippen LogP contribution in [-0.4, -0.2) is 32.0 Å². The summed E-state index contributed by atoms with van der Waals surface area (Å²) in [5.41, 5.74) is 0. The van der Waals surface area contributed by atoms with Crippen molar-refractivity contribution in [1.82, 2.24) is 5.32 Å². The molecule has 0 amide bonds. The minimum atomic E-state index is -4.14. The van der Waals surface area contributed by atoms with Crippen LogP contribution in [0.15, 0.2) is 0 Å². The van der Waals surface area contributed by atoms with Crippen molar-refractivity contribution in [3.63, 3.8) is 0 Å². The van der Waals surface area contributed by atoms with Gasteiger partial charge in [-0.3, -0.25) is 0 Å². The molecule has 2 nitrogen and oxygen atoms in total. The molecule has 0 radical (unpaired) electrons. The molecule has 12 heavy (non-hydrogen) atoms. The quantitative estimate of drug-likeness (QED) is 0.661. The molecule has 1 heterocycles. The van der Waals surface area contributed by atoms with Crippen molar-refractivity contribution in [1.29, 1.82) is 0 Å². The van der Waals surface area contributed by atoms with Gasteiger partial charge in [0.15, 0.2) is 0 Å². The van der Waals surface area contributed by atoms with Crippen LogP contribution < -0.4 is 5.32 Å². The lowest BCUT2D eigenvalue weighted by Crippen LogP contribution is -2.49. The summed E-state index contributed by atoms with van der Waals surface area (Å²) in [6, 6.07) is -1.39. The first-order valence-electron chi connectivity index (χ1n) is 3.87. The van der Waals surface area contributed by atoms with E-state index in [0.29, 0.717) is 13.0 Å². The second-order valence-electron chi connectivity index (χ2n) is 2.93. The molecule has 0 aromatic carbocycles. The van der Waals surface area contributed by atoms with E-state index in [2.05, 4.69) is 5.32 Å². The molecule has 1 N–H and O–H groups in total. The molecule has 1 rings (SSSR count). The van der Waals surface area contributed by atoms with Gasteiger partial charge in [-0.25, -0.2) is 0 Å². The molecule has 0 spiro atoms. The zero-order chi connectivity index (χ0) is 9.19. The van der Waals surface area contributed by atoms with Crippen molar-refractivity contribution in [3.8, 4) is 0 Å². The summed E-state index contributed by atoms with van der Waals surface area (Å²) < 4.78 is 41.3. The minimum Gasteiger partial charge on any atom is -0.381 e. The molecule has 0 unspecified atom stereocenters. The monoisotopic (exact) mass is 183 g/mol. The Hall–Kier alpha value is -0.290. The van der Waals surface area contributed by atoms with Crippen LogP contribution in [0.3, 0.4) is 0 Å². The van der Waals surface area contributed by atoms with E-state index < -0.39 is 12.2 Å². The van der Waals surface area contributed by atoms with Gasteiger partial charge in [0.05, 0.1) is 6.10 Å². The maximum atomic E-state index is 12.1. The van der Waals surface area contributed by atoms with E-state index in [9.17, 15) is 13.2 Å². The van der Waals surface area contributed by atoms with Crippen molar-refractivity contribution in [2.24, 2.45) is 0 Å².